The number of fused-ring (bicyclic) bond motifs is 1. The molecular formula is C16H31N3. The Morgan fingerprint density at radius 2 is 1.37 bits per heavy atom. The quantitative estimate of drug-likeness (QED) is 0.715. The largest absolute Gasteiger partial charge is 0.306 e. The lowest BCUT2D eigenvalue weighted by atomic mass is 9.97. The minimum atomic E-state index is 0.356. The van der Waals surface area contributed by atoms with E-state index in [4.69, 9.17) is 0 Å². The van der Waals surface area contributed by atoms with Gasteiger partial charge in [-0.25, -0.2) is 0 Å². The minimum Gasteiger partial charge on any atom is -0.306 e. The van der Waals surface area contributed by atoms with E-state index in [1.165, 1.54) is 52.1 Å². The van der Waals surface area contributed by atoms with Crippen LogP contribution in [0.5, 0.6) is 0 Å². The second-order valence-corrected chi connectivity index (χ2v) is 8.08. The third-order valence-corrected chi connectivity index (χ3v) is 5.63. The monoisotopic (exact) mass is 265 g/mol. The molecule has 110 valence electrons. The van der Waals surface area contributed by atoms with E-state index in [-0.39, 0.29) is 0 Å². The van der Waals surface area contributed by atoms with Crippen LogP contribution in [-0.4, -0.2) is 72.6 Å². The van der Waals surface area contributed by atoms with E-state index < -0.39 is 0 Å². The van der Waals surface area contributed by atoms with Crippen molar-refractivity contribution < 1.29 is 0 Å². The van der Waals surface area contributed by atoms with Crippen LogP contribution in [0.1, 0.15) is 33.6 Å². The van der Waals surface area contributed by atoms with Crippen molar-refractivity contribution in [3.8, 4) is 0 Å². The minimum absolute atomic E-state index is 0.356. The second kappa shape index (κ2) is 5.01. The maximum atomic E-state index is 2.82. The Balaban J connectivity index is 1.51. The molecule has 3 heterocycles. The molecule has 0 N–H and O–H groups in total. The Kier molecular flexibility index (Phi) is 3.65. The lowest BCUT2D eigenvalue weighted by molar-refractivity contribution is 0.0612. The van der Waals surface area contributed by atoms with Crippen molar-refractivity contribution in [1.82, 2.24) is 14.7 Å². The van der Waals surface area contributed by atoms with Crippen LogP contribution in [0.4, 0.5) is 0 Å². The van der Waals surface area contributed by atoms with Crippen molar-refractivity contribution in [2.75, 3.05) is 46.3 Å². The van der Waals surface area contributed by atoms with E-state index in [0.29, 0.717) is 5.54 Å². The summed E-state index contributed by atoms with van der Waals surface area (Å²) in [6.07, 6.45) is 2.76. The summed E-state index contributed by atoms with van der Waals surface area (Å²) < 4.78 is 0. The van der Waals surface area contributed by atoms with Crippen molar-refractivity contribution in [2.24, 2.45) is 11.8 Å². The smallest absolute Gasteiger partial charge is 0.0125 e. The Morgan fingerprint density at radius 1 is 0.842 bits per heavy atom. The number of piperidine rings is 1. The molecule has 0 radical (unpaired) electrons. The fraction of sp³-hybridized carbons (Fsp3) is 1.00. The summed E-state index contributed by atoms with van der Waals surface area (Å²) in [6, 6.07) is 0.870. The van der Waals surface area contributed by atoms with Crippen molar-refractivity contribution in [1.29, 1.82) is 0 Å². The van der Waals surface area contributed by atoms with Crippen molar-refractivity contribution >= 4 is 0 Å². The van der Waals surface area contributed by atoms with Crippen molar-refractivity contribution in [2.45, 2.75) is 45.2 Å². The zero-order valence-electron chi connectivity index (χ0n) is 13.2. The standard InChI is InChI=1S/C16H31N3/c1-16(2,3)19-7-5-15(6-8-19)18-11-13-9-17(4)10-14(13)12-18/h13-15H,5-12H2,1-4H3/t13-,14+. The van der Waals surface area contributed by atoms with Gasteiger partial charge in [0.05, 0.1) is 0 Å². The van der Waals surface area contributed by atoms with E-state index in [2.05, 4.69) is 42.5 Å². The molecule has 0 bridgehead atoms. The fourth-order valence-corrected chi connectivity index (χ4v) is 4.46. The summed E-state index contributed by atoms with van der Waals surface area (Å²) in [5, 5.41) is 0. The molecule has 2 atom stereocenters. The van der Waals surface area contributed by atoms with E-state index in [1.54, 1.807) is 0 Å². The number of rotatable bonds is 1. The van der Waals surface area contributed by atoms with Gasteiger partial charge in [-0.05, 0) is 52.5 Å². The SMILES string of the molecule is CN1C[C@@H]2CN(C3CCN(C(C)(C)C)CC3)C[C@@H]2C1. The molecule has 0 aliphatic carbocycles. The number of likely N-dealkylation sites (tertiary alicyclic amines) is 3. The Hall–Kier alpha value is -0.120. The lowest BCUT2D eigenvalue weighted by Gasteiger charge is -2.43. The van der Waals surface area contributed by atoms with Gasteiger partial charge in [0, 0.05) is 50.8 Å². The predicted molar refractivity (Wildman–Crippen MR) is 80.4 cm³/mol. The topological polar surface area (TPSA) is 9.72 Å². The maximum Gasteiger partial charge on any atom is 0.0125 e. The third kappa shape index (κ3) is 2.84. The van der Waals surface area contributed by atoms with Crippen LogP contribution in [0, 0.1) is 11.8 Å². The zero-order chi connectivity index (χ0) is 13.6. The first kappa shape index (κ1) is 13.8. The summed E-state index contributed by atoms with van der Waals surface area (Å²) in [7, 11) is 2.28. The summed E-state index contributed by atoms with van der Waals surface area (Å²) in [5.41, 5.74) is 0.356. The molecule has 3 saturated heterocycles. The van der Waals surface area contributed by atoms with Gasteiger partial charge in [0.25, 0.3) is 0 Å². The van der Waals surface area contributed by atoms with Gasteiger partial charge in [-0.1, -0.05) is 0 Å². The molecule has 3 heteroatoms. The normalized spacial score (nSPS) is 36.0. The molecule has 3 rings (SSSR count). The number of nitrogens with zero attached hydrogens (tertiary/aromatic N) is 3. The average Bonchev–Trinajstić information content (AvgIpc) is 2.85. The maximum absolute atomic E-state index is 2.82. The predicted octanol–water partition coefficient (Wildman–Crippen LogP) is 1.74. The Labute approximate surface area is 118 Å². The van der Waals surface area contributed by atoms with Gasteiger partial charge in [0.15, 0.2) is 0 Å². The number of hydrogen-bond donors (Lipinski definition) is 0. The van der Waals surface area contributed by atoms with Crippen LogP contribution in [0.15, 0.2) is 0 Å². The molecule has 0 aromatic heterocycles. The van der Waals surface area contributed by atoms with Crippen LogP contribution in [-0.2, 0) is 0 Å². The highest BCUT2D eigenvalue weighted by molar-refractivity contribution is 4.95. The van der Waals surface area contributed by atoms with Gasteiger partial charge >= 0.3 is 0 Å². The highest BCUT2D eigenvalue weighted by Crippen LogP contribution is 2.34. The molecule has 0 aromatic carbocycles. The molecule has 0 saturated carbocycles. The van der Waals surface area contributed by atoms with Gasteiger partial charge in [0.1, 0.15) is 0 Å². The second-order valence-electron chi connectivity index (χ2n) is 8.08. The van der Waals surface area contributed by atoms with E-state index >= 15 is 0 Å². The van der Waals surface area contributed by atoms with Gasteiger partial charge in [-0.2, -0.15) is 0 Å². The molecule has 3 aliphatic rings. The van der Waals surface area contributed by atoms with Crippen LogP contribution in [0.25, 0.3) is 0 Å². The highest BCUT2D eigenvalue weighted by atomic mass is 15.3. The zero-order valence-corrected chi connectivity index (χ0v) is 13.2. The molecule has 0 spiro atoms. The first-order valence-corrected chi connectivity index (χ1v) is 8.11. The summed E-state index contributed by atoms with van der Waals surface area (Å²) in [4.78, 5) is 8.01. The Bertz CT molecular complexity index is 300. The van der Waals surface area contributed by atoms with Crippen LogP contribution < -0.4 is 0 Å². The molecule has 3 nitrogen and oxygen atoms in total. The molecule has 3 aliphatic heterocycles. The van der Waals surface area contributed by atoms with E-state index in [9.17, 15) is 0 Å². The van der Waals surface area contributed by atoms with Gasteiger partial charge in [0.2, 0.25) is 0 Å². The molecule has 3 fully saturated rings. The first-order chi connectivity index (χ1) is 8.93. The fourth-order valence-electron chi connectivity index (χ4n) is 4.46. The Morgan fingerprint density at radius 3 is 1.84 bits per heavy atom. The van der Waals surface area contributed by atoms with E-state index in [1.807, 2.05) is 0 Å². The lowest BCUT2D eigenvalue weighted by Crippen LogP contribution is -2.50. The van der Waals surface area contributed by atoms with Gasteiger partial charge < -0.3 is 4.90 Å². The molecule has 0 amide bonds. The molecular weight excluding hydrogens is 234 g/mol. The average molecular weight is 265 g/mol. The first-order valence-electron chi connectivity index (χ1n) is 8.11. The summed E-state index contributed by atoms with van der Waals surface area (Å²) in [6.45, 7) is 15.0. The highest BCUT2D eigenvalue weighted by Gasteiger charge is 2.41. The molecule has 0 aromatic rings. The van der Waals surface area contributed by atoms with Crippen LogP contribution in [0.3, 0.4) is 0 Å². The van der Waals surface area contributed by atoms with Gasteiger partial charge in [-0.3, -0.25) is 9.80 Å². The van der Waals surface area contributed by atoms with Crippen molar-refractivity contribution in [3.05, 3.63) is 0 Å². The van der Waals surface area contributed by atoms with Gasteiger partial charge in [-0.15, -0.1) is 0 Å². The molecule has 19 heavy (non-hydrogen) atoms. The summed E-state index contributed by atoms with van der Waals surface area (Å²) >= 11 is 0. The summed E-state index contributed by atoms with van der Waals surface area (Å²) in [5.74, 6) is 1.93. The van der Waals surface area contributed by atoms with Crippen molar-refractivity contribution in [3.63, 3.8) is 0 Å². The third-order valence-electron chi connectivity index (χ3n) is 5.63. The number of hydrogen-bond acceptors (Lipinski definition) is 3. The molecule has 0 unspecified atom stereocenters. The van der Waals surface area contributed by atoms with E-state index in [0.717, 1.165) is 17.9 Å². The van der Waals surface area contributed by atoms with Crippen LogP contribution in [0.2, 0.25) is 0 Å². The van der Waals surface area contributed by atoms with Crippen LogP contribution >= 0.6 is 0 Å².